The standard InChI is InChI=1S/C51H31N5S/c1-4-16-32(17-5-1)49-52-50(33-18-6-2-7-19-33)54-51(53-49)41-26-14-25-39-40-31-30-38-37-24-15-29-44(56-42-27-12-10-22-35(42)36-23-11-13-28-43(36)56)45(37)55(34-20-8-3-9-21-34)46(38)48(40)57-47(39)41/h1-31H. The van der Waals surface area contributed by atoms with Crippen molar-refractivity contribution < 1.29 is 0 Å². The Bertz CT molecular complexity index is 3400. The Kier molecular flexibility index (Phi) is 7.03. The highest BCUT2D eigenvalue weighted by Crippen LogP contribution is 2.47. The Morgan fingerprint density at radius 3 is 1.49 bits per heavy atom. The monoisotopic (exact) mass is 745 g/mol. The molecule has 12 rings (SSSR count). The molecule has 6 heteroatoms. The van der Waals surface area contributed by atoms with Gasteiger partial charge in [0.05, 0.1) is 32.5 Å². The Balaban J connectivity index is 1.18. The molecular weight excluding hydrogens is 715 g/mol. The third kappa shape index (κ3) is 4.84. The van der Waals surface area contributed by atoms with Crippen LogP contribution < -0.4 is 0 Å². The van der Waals surface area contributed by atoms with Crippen LogP contribution in [0.25, 0.3) is 109 Å². The van der Waals surface area contributed by atoms with Crippen LogP contribution >= 0.6 is 11.3 Å². The molecule has 0 atom stereocenters. The average Bonchev–Trinajstić information content (AvgIpc) is 3.95. The van der Waals surface area contributed by atoms with Crippen LogP contribution in [0.2, 0.25) is 0 Å². The van der Waals surface area contributed by atoms with Gasteiger partial charge in [0.2, 0.25) is 0 Å². The Morgan fingerprint density at radius 1 is 0.333 bits per heavy atom. The molecule has 0 fully saturated rings. The third-order valence-electron chi connectivity index (χ3n) is 11.2. The Hall–Kier alpha value is -7.41. The number of fused-ring (bicyclic) bond motifs is 10. The molecule has 4 aromatic heterocycles. The van der Waals surface area contributed by atoms with Crippen LogP contribution in [0.15, 0.2) is 188 Å². The van der Waals surface area contributed by atoms with E-state index in [1.165, 1.54) is 59.1 Å². The molecule has 0 bridgehead atoms. The van der Waals surface area contributed by atoms with E-state index in [-0.39, 0.29) is 0 Å². The van der Waals surface area contributed by atoms with Gasteiger partial charge in [-0.05, 0) is 36.4 Å². The van der Waals surface area contributed by atoms with Crippen molar-refractivity contribution in [2.75, 3.05) is 0 Å². The maximum Gasteiger partial charge on any atom is 0.165 e. The number of rotatable bonds is 5. The summed E-state index contributed by atoms with van der Waals surface area (Å²) in [5.41, 5.74) is 9.91. The maximum absolute atomic E-state index is 5.15. The fourth-order valence-corrected chi connectivity index (χ4v) is 10.0. The predicted octanol–water partition coefficient (Wildman–Crippen LogP) is 13.4. The van der Waals surface area contributed by atoms with Crippen molar-refractivity contribution in [3.63, 3.8) is 0 Å². The van der Waals surface area contributed by atoms with Crippen LogP contribution in [0.1, 0.15) is 0 Å². The van der Waals surface area contributed by atoms with Crippen LogP contribution in [0.5, 0.6) is 0 Å². The second-order valence-electron chi connectivity index (χ2n) is 14.4. The quantitative estimate of drug-likeness (QED) is 0.176. The van der Waals surface area contributed by atoms with Gasteiger partial charge >= 0.3 is 0 Å². The summed E-state index contributed by atoms with van der Waals surface area (Å²) >= 11 is 1.82. The number of para-hydroxylation sites is 4. The molecule has 0 aliphatic heterocycles. The van der Waals surface area contributed by atoms with Crippen LogP contribution in [-0.2, 0) is 0 Å². The third-order valence-corrected chi connectivity index (χ3v) is 12.4. The number of aromatic nitrogens is 5. The van der Waals surface area contributed by atoms with E-state index in [2.05, 4.69) is 161 Å². The molecule has 0 saturated heterocycles. The van der Waals surface area contributed by atoms with Crippen molar-refractivity contribution in [2.45, 2.75) is 0 Å². The minimum absolute atomic E-state index is 0.654. The Labute approximate surface area is 331 Å². The van der Waals surface area contributed by atoms with E-state index in [1.807, 2.05) is 47.7 Å². The summed E-state index contributed by atoms with van der Waals surface area (Å²) in [6.45, 7) is 0. The fourth-order valence-electron chi connectivity index (χ4n) is 8.69. The number of hydrogen-bond acceptors (Lipinski definition) is 4. The first-order valence-corrected chi connectivity index (χ1v) is 19.9. The lowest BCUT2D eigenvalue weighted by molar-refractivity contribution is 1.08. The first kappa shape index (κ1) is 31.9. The lowest BCUT2D eigenvalue weighted by Gasteiger charge is -2.14. The molecule has 0 radical (unpaired) electrons. The van der Waals surface area contributed by atoms with Crippen LogP contribution in [-0.4, -0.2) is 24.1 Å². The van der Waals surface area contributed by atoms with E-state index < -0.39 is 0 Å². The average molecular weight is 746 g/mol. The van der Waals surface area contributed by atoms with E-state index in [9.17, 15) is 0 Å². The smallest absolute Gasteiger partial charge is 0.165 e. The van der Waals surface area contributed by atoms with Gasteiger partial charge in [0.25, 0.3) is 0 Å². The molecule has 0 aliphatic carbocycles. The van der Waals surface area contributed by atoms with E-state index in [4.69, 9.17) is 15.0 Å². The highest BCUT2D eigenvalue weighted by atomic mass is 32.1. The summed E-state index contributed by atoms with van der Waals surface area (Å²) in [6, 6.07) is 66.6. The van der Waals surface area contributed by atoms with Gasteiger partial charge in [-0.3, -0.25) is 0 Å². The van der Waals surface area contributed by atoms with Gasteiger partial charge < -0.3 is 9.13 Å². The zero-order chi connectivity index (χ0) is 37.5. The summed E-state index contributed by atoms with van der Waals surface area (Å²) in [5.74, 6) is 1.97. The number of nitrogens with zero attached hydrogens (tertiary/aromatic N) is 5. The summed E-state index contributed by atoms with van der Waals surface area (Å²) in [6.07, 6.45) is 0. The van der Waals surface area contributed by atoms with Crippen molar-refractivity contribution in [2.24, 2.45) is 0 Å². The molecule has 8 aromatic carbocycles. The minimum atomic E-state index is 0.654. The highest BCUT2D eigenvalue weighted by Gasteiger charge is 2.24. The molecule has 0 saturated carbocycles. The molecule has 0 spiro atoms. The minimum Gasteiger partial charge on any atom is -0.307 e. The lowest BCUT2D eigenvalue weighted by atomic mass is 10.1. The SMILES string of the molecule is c1ccc(-c2nc(-c3ccccc3)nc(-c3cccc4c3sc3c4ccc4c5cccc(-n6c7ccccc7c7ccccc76)c5n(-c5ccccc5)c43)n2)cc1. The second kappa shape index (κ2) is 12.6. The molecular formula is C51H31N5S. The van der Waals surface area contributed by atoms with E-state index in [1.54, 1.807) is 0 Å². The van der Waals surface area contributed by atoms with Crippen LogP contribution in [0.4, 0.5) is 0 Å². The molecule has 57 heavy (non-hydrogen) atoms. The fraction of sp³-hybridized carbons (Fsp3) is 0. The molecule has 266 valence electrons. The van der Waals surface area contributed by atoms with Gasteiger partial charge in [0.1, 0.15) is 0 Å². The molecule has 0 N–H and O–H groups in total. The molecule has 0 amide bonds. The van der Waals surface area contributed by atoms with Crippen molar-refractivity contribution in [1.29, 1.82) is 0 Å². The normalized spacial score (nSPS) is 11.9. The van der Waals surface area contributed by atoms with Gasteiger partial charge in [-0.2, -0.15) is 0 Å². The molecule has 0 unspecified atom stereocenters. The second-order valence-corrected chi connectivity index (χ2v) is 15.4. The van der Waals surface area contributed by atoms with E-state index in [0.717, 1.165) is 32.8 Å². The van der Waals surface area contributed by atoms with Gasteiger partial charge in [-0.25, -0.2) is 15.0 Å². The summed E-state index contributed by atoms with van der Waals surface area (Å²) in [4.78, 5) is 15.3. The number of hydrogen-bond donors (Lipinski definition) is 0. The molecule has 5 nitrogen and oxygen atoms in total. The van der Waals surface area contributed by atoms with Gasteiger partial charge in [-0.15, -0.1) is 11.3 Å². The summed E-state index contributed by atoms with van der Waals surface area (Å²) < 4.78 is 7.31. The molecule has 0 aliphatic rings. The van der Waals surface area contributed by atoms with Crippen molar-refractivity contribution in [3.05, 3.63) is 188 Å². The molecule has 12 aromatic rings. The Morgan fingerprint density at radius 2 is 0.825 bits per heavy atom. The van der Waals surface area contributed by atoms with Crippen molar-refractivity contribution >= 4 is 75.1 Å². The van der Waals surface area contributed by atoms with Crippen molar-refractivity contribution in [1.82, 2.24) is 24.1 Å². The lowest BCUT2D eigenvalue weighted by Crippen LogP contribution is -2.00. The largest absolute Gasteiger partial charge is 0.307 e. The zero-order valence-corrected chi connectivity index (χ0v) is 31.4. The maximum atomic E-state index is 5.15. The summed E-state index contributed by atoms with van der Waals surface area (Å²) in [7, 11) is 0. The zero-order valence-electron chi connectivity index (χ0n) is 30.5. The first-order valence-electron chi connectivity index (χ1n) is 19.1. The van der Waals surface area contributed by atoms with E-state index >= 15 is 0 Å². The van der Waals surface area contributed by atoms with Gasteiger partial charge in [0, 0.05) is 59.4 Å². The van der Waals surface area contributed by atoms with Crippen LogP contribution in [0, 0.1) is 0 Å². The number of benzene rings is 8. The molecule has 4 heterocycles. The summed E-state index contributed by atoms with van der Waals surface area (Å²) in [5, 5.41) is 7.32. The first-order chi connectivity index (χ1) is 28.3. The van der Waals surface area contributed by atoms with Gasteiger partial charge in [0.15, 0.2) is 17.5 Å². The number of thiophene rings is 1. The van der Waals surface area contributed by atoms with E-state index in [0.29, 0.717) is 17.5 Å². The predicted molar refractivity (Wildman–Crippen MR) is 238 cm³/mol. The van der Waals surface area contributed by atoms with Crippen molar-refractivity contribution in [3.8, 4) is 45.5 Å². The highest BCUT2D eigenvalue weighted by molar-refractivity contribution is 7.27. The topological polar surface area (TPSA) is 48.5 Å². The van der Waals surface area contributed by atoms with Crippen LogP contribution in [0.3, 0.4) is 0 Å². The van der Waals surface area contributed by atoms with Gasteiger partial charge in [-0.1, -0.05) is 152 Å².